The third-order valence-electron chi connectivity index (χ3n) is 2.75. The molecule has 0 heterocycles. The van der Waals surface area contributed by atoms with Gasteiger partial charge in [0.15, 0.2) is 0 Å². The average molecular weight is 250 g/mol. The van der Waals surface area contributed by atoms with Crippen LogP contribution < -0.4 is 5.73 Å². The molecule has 94 valence electrons. The molecule has 6 nitrogen and oxygen atoms in total. The van der Waals surface area contributed by atoms with Gasteiger partial charge in [0.2, 0.25) is 15.9 Å². The fourth-order valence-electron chi connectivity index (χ4n) is 2.03. The van der Waals surface area contributed by atoms with Crippen LogP contribution >= 0.6 is 0 Å². The molecule has 3 N–H and O–H groups in total. The zero-order chi connectivity index (χ0) is 12.2. The Balaban J connectivity index is 2.81. The van der Waals surface area contributed by atoms with Crippen molar-refractivity contribution in [3.05, 3.63) is 0 Å². The van der Waals surface area contributed by atoms with Crippen LogP contribution in [-0.4, -0.2) is 48.7 Å². The molecular weight excluding hydrogens is 232 g/mol. The first-order valence-corrected chi connectivity index (χ1v) is 6.97. The van der Waals surface area contributed by atoms with Crippen LogP contribution in [0, 0.1) is 0 Å². The van der Waals surface area contributed by atoms with E-state index in [-0.39, 0.29) is 18.3 Å². The minimum absolute atomic E-state index is 0.135. The molecule has 0 aliphatic heterocycles. The van der Waals surface area contributed by atoms with E-state index >= 15 is 0 Å². The van der Waals surface area contributed by atoms with Crippen LogP contribution in [0.15, 0.2) is 0 Å². The highest BCUT2D eigenvalue weighted by molar-refractivity contribution is 7.89. The number of nitrogens with two attached hydrogens (primary N) is 1. The molecule has 1 amide bonds. The number of aliphatic hydroxyl groups is 1. The Labute approximate surface area is 95.5 Å². The summed E-state index contributed by atoms with van der Waals surface area (Å²) in [5, 5.41) is 8.71. The minimum atomic E-state index is -3.57. The number of aliphatic hydroxyl groups excluding tert-OH is 1. The number of carbonyl (C=O) groups excluding carboxylic acids is 1. The topological polar surface area (TPSA) is 101 Å². The summed E-state index contributed by atoms with van der Waals surface area (Å²) >= 11 is 0. The number of primary amides is 1. The van der Waals surface area contributed by atoms with Gasteiger partial charge in [-0.05, 0) is 12.8 Å². The SMILES string of the molecule is NC(=O)CN(C1CCCC1)S(=O)(=O)CCO. The zero-order valence-electron chi connectivity index (χ0n) is 9.13. The van der Waals surface area contributed by atoms with Crippen LogP contribution in [0.5, 0.6) is 0 Å². The van der Waals surface area contributed by atoms with Crippen molar-refractivity contribution in [2.24, 2.45) is 5.73 Å². The van der Waals surface area contributed by atoms with E-state index in [4.69, 9.17) is 10.8 Å². The van der Waals surface area contributed by atoms with Gasteiger partial charge in [-0.15, -0.1) is 0 Å². The Morgan fingerprint density at radius 3 is 2.38 bits per heavy atom. The molecule has 0 saturated heterocycles. The van der Waals surface area contributed by atoms with Crippen molar-refractivity contribution in [1.29, 1.82) is 0 Å². The highest BCUT2D eigenvalue weighted by Crippen LogP contribution is 2.25. The summed E-state index contributed by atoms with van der Waals surface area (Å²) in [6, 6.07) is -0.135. The van der Waals surface area contributed by atoms with Crippen molar-refractivity contribution >= 4 is 15.9 Å². The van der Waals surface area contributed by atoms with E-state index in [1.807, 2.05) is 0 Å². The Morgan fingerprint density at radius 1 is 1.38 bits per heavy atom. The standard InChI is InChI=1S/C9H18N2O4S/c10-9(13)7-11(8-3-1-2-4-8)16(14,15)6-5-12/h8,12H,1-7H2,(H2,10,13). The number of hydrogen-bond acceptors (Lipinski definition) is 4. The molecule has 1 aliphatic rings. The highest BCUT2D eigenvalue weighted by Gasteiger charge is 2.32. The van der Waals surface area contributed by atoms with Gasteiger partial charge in [-0.25, -0.2) is 8.42 Å². The van der Waals surface area contributed by atoms with Crippen LogP contribution in [0.1, 0.15) is 25.7 Å². The quantitative estimate of drug-likeness (QED) is 0.634. The lowest BCUT2D eigenvalue weighted by atomic mass is 10.2. The molecule has 0 spiro atoms. The van der Waals surface area contributed by atoms with Gasteiger partial charge < -0.3 is 10.8 Å². The maximum absolute atomic E-state index is 11.8. The van der Waals surface area contributed by atoms with Gasteiger partial charge in [0, 0.05) is 6.04 Å². The van der Waals surface area contributed by atoms with E-state index in [9.17, 15) is 13.2 Å². The molecule has 0 atom stereocenters. The Bertz CT molecular complexity index is 335. The van der Waals surface area contributed by atoms with E-state index < -0.39 is 22.5 Å². The first-order valence-electron chi connectivity index (χ1n) is 5.36. The molecule has 0 aromatic heterocycles. The van der Waals surface area contributed by atoms with Gasteiger partial charge in [-0.3, -0.25) is 4.79 Å². The number of rotatable bonds is 6. The van der Waals surface area contributed by atoms with Crippen LogP contribution in [0.25, 0.3) is 0 Å². The molecule has 0 aromatic rings. The molecule has 1 rings (SSSR count). The van der Waals surface area contributed by atoms with Crippen molar-refractivity contribution in [1.82, 2.24) is 4.31 Å². The summed E-state index contributed by atoms with van der Waals surface area (Å²) in [7, 11) is -3.57. The first kappa shape index (κ1) is 13.4. The van der Waals surface area contributed by atoms with Crippen LogP contribution in [0.2, 0.25) is 0 Å². The van der Waals surface area contributed by atoms with Crippen LogP contribution in [0.4, 0.5) is 0 Å². The summed E-state index contributed by atoms with van der Waals surface area (Å²) in [5.41, 5.74) is 5.05. The van der Waals surface area contributed by atoms with Crippen molar-refractivity contribution in [2.45, 2.75) is 31.7 Å². The monoisotopic (exact) mass is 250 g/mol. The number of amides is 1. The lowest BCUT2D eigenvalue weighted by Crippen LogP contribution is -2.45. The van der Waals surface area contributed by atoms with E-state index in [2.05, 4.69) is 0 Å². The first-order chi connectivity index (χ1) is 7.47. The summed E-state index contributed by atoms with van der Waals surface area (Å²) in [6.45, 7) is -0.725. The normalized spacial score (nSPS) is 18.1. The fraction of sp³-hybridized carbons (Fsp3) is 0.889. The van der Waals surface area contributed by atoms with Crippen molar-refractivity contribution in [2.75, 3.05) is 18.9 Å². The Morgan fingerprint density at radius 2 is 1.94 bits per heavy atom. The molecule has 1 aliphatic carbocycles. The molecule has 0 radical (unpaired) electrons. The lowest BCUT2D eigenvalue weighted by molar-refractivity contribution is -0.118. The van der Waals surface area contributed by atoms with Gasteiger partial charge >= 0.3 is 0 Å². The molecule has 0 bridgehead atoms. The average Bonchev–Trinajstić information content (AvgIpc) is 2.66. The van der Waals surface area contributed by atoms with Crippen molar-refractivity contribution in [3.63, 3.8) is 0 Å². The zero-order valence-corrected chi connectivity index (χ0v) is 9.95. The maximum atomic E-state index is 11.8. The van der Waals surface area contributed by atoms with Gasteiger partial charge in [0.05, 0.1) is 18.9 Å². The van der Waals surface area contributed by atoms with Gasteiger partial charge in [-0.2, -0.15) is 4.31 Å². The summed E-state index contributed by atoms with van der Waals surface area (Å²) in [4.78, 5) is 10.9. The third-order valence-corrected chi connectivity index (χ3v) is 4.59. The molecule has 16 heavy (non-hydrogen) atoms. The van der Waals surface area contributed by atoms with Crippen molar-refractivity contribution in [3.8, 4) is 0 Å². The molecular formula is C9H18N2O4S. The molecule has 1 saturated carbocycles. The largest absolute Gasteiger partial charge is 0.395 e. The van der Waals surface area contributed by atoms with Gasteiger partial charge in [0.25, 0.3) is 0 Å². The van der Waals surface area contributed by atoms with E-state index in [0.717, 1.165) is 30.0 Å². The molecule has 1 fully saturated rings. The Kier molecular flexibility index (Phi) is 4.69. The van der Waals surface area contributed by atoms with E-state index in [1.165, 1.54) is 0 Å². The fourth-order valence-corrected chi connectivity index (χ4v) is 3.49. The second kappa shape index (κ2) is 5.60. The smallest absolute Gasteiger partial charge is 0.232 e. The minimum Gasteiger partial charge on any atom is -0.395 e. The maximum Gasteiger partial charge on any atom is 0.232 e. The van der Waals surface area contributed by atoms with Gasteiger partial charge in [0.1, 0.15) is 0 Å². The second-order valence-corrected chi connectivity index (χ2v) is 6.03. The van der Waals surface area contributed by atoms with Gasteiger partial charge in [-0.1, -0.05) is 12.8 Å². The predicted molar refractivity (Wildman–Crippen MR) is 59.0 cm³/mol. The summed E-state index contributed by atoms with van der Waals surface area (Å²) < 4.78 is 24.8. The highest BCUT2D eigenvalue weighted by atomic mass is 32.2. The molecule has 0 aromatic carbocycles. The second-order valence-electron chi connectivity index (χ2n) is 3.99. The van der Waals surface area contributed by atoms with Crippen molar-refractivity contribution < 1.29 is 18.3 Å². The number of hydrogen-bond donors (Lipinski definition) is 2. The van der Waals surface area contributed by atoms with E-state index in [1.54, 1.807) is 0 Å². The van der Waals surface area contributed by atoms with E-state index in [0.29, 0.717) is 0 Å². The molecule has 7 heteroatoms. The third kappa shape index (κ3) is 3.43. The lowest BCUT2D eigenvalue weighted by Gasteiger charge is -2.26. The molecule has 0 unspecified atom stereocenters. The predicted octanol–water partition coefficient (Wildman–Crippen LogP) is -0.962. The summed E-state index contributed by atoms with van der Waals surface area (Å²) in [5.74, 6) is -1.01. The van der Waals surface area contributed by atoms with Crippen LogP contribution in [0.3, 0.4) is 0 Å². The number of sulfonamides is 1. The summed E-state index contributed by atoms with van der Waals surface area (Å²) in [6.07, 6.45) is 3.46. The Hall–Kier alpha value is -0.660. The number of nitrogens with zero attached hydrogens (tertiary/aromatic N) is 1. The van der Waals surface area contributed by atoms with Crippen LogP contribution in [-0.2, 0) is 14.8 Å². The number of carbonyl (C=O) groups is 1.